The number of carbonyl (C=O) groups is 2. The predicted octanol–water partition coefficient (Wildman–Crippen LogP) is 2.12. The van der Waals surface area contributed by atoms with Crippen molar-refractivity contribution in [3.63, 3.8) is 0 Å². The number of aromatic nitrogens is 1. The van der Waals surface area contributed by atoms with E-state index >= 15 is 0 Å². The molecule has 0 bridgehead atoms. The summed E-state index contributed by atoms with van der Waals surface area (Å²) < 4.78 is 11.2. The number of piperazine rings is 1. The summed E-state index contributed by atoms with van der Waals surface area (Å²) in [4.78, 5) is 32.9. The first kappa shape index (κ1) is 19.4. The van der Waals surface area contributed by atoms with E-state index < -0.39 is 0 Å². The maximum Gasteiger partial charge on any atom is 0.253 e. The van der Waals surface area contributed by atoms with E-state index in [-0.39, 0.29) is 17.9 Å². The molecule has 0 unspecified atom stereocenters. The van der Waals surface area contributed by atoms with Gasteiger partial charge >= 0.3 is 0 Å². The molecule has 1 atom stereocenters. The van der Waals surface area contributed by atoms with E-state index in [0.717, 1.165) is 18.4 Å². The molecule has 1 aromatic carbocycles. The zero-order chi connectivity index (χ0) is 20.1. The molecule has 4 rings (SSSR count). The number of rotatable bonds is 5. The van der Waals surface area contributed by atoms with E-state index in [2.05, 4.69) is 4.98 Å². The Hall–Kier alpha value is -2.93. The van der Waals surface area contributed by atoms with Crippen LogP contribution in [-0.2, 0) is 16.1 Å². The lowest BCUT2D eigenvalue weighted by Crippen LogP contribution is -2.52. The van der Waals surface area contributed by atoms with E-state index in [4.69, 9.17) is 9.47 Å². The largest absolute Gasteiger partial charge is 0.489 e. The Bertz CT molecular complexity index is 827. The molecule has 2 aliphatic heterocycles. The van der Waals surface area contributed by atoms with Gasteiger partial charge in [0.05, 0.1) is 0 Å². The topological polar surface area (TPSA) is 72.0 Å². The fraction of sp³-hybridized carbons (Fsp3) is 0.409. The fourth-order valence-corrected chi connectivity index (χ4v) is 3.63. The predicted molar refractivity (Wildman–Crippen MR) is 106 cm³/mol. The van der Waals surface area contributed by atoms with Gasteiger partial charge in [-0.1, -0.05) is 6.07 Å². The van der Waals surface area contributed by atoms with Gasteiger partial charge in [-0.05, 0) is 43.2 Å². The minimum Gasteiger partial charge on any atom is -0.489 e. The Morgan fingerprint density at radius 3 is 2.48 bits per heavy atom. The van der Waals surface area contributed by atoms with Gasteiger partial charge in [0.1, 0.15) is 18.5 Å². The highest BCUT2D eigenvalue weighted by atomic mass is 16.5. The SMILES string of the molecule is O=C(c1ccc(OCc2cccnc2)cc1)N1CCN(C(=O)[C@H]2CCCO2)CC1. The molecule has 0 aliphatic carbocycles. The van der Waals surface area contributed by atoms with Crippen molar-refractivity contribution in [1.29, 1.82) is 0 Å². The minimum absolute atomic E-state index is 0.0203. The van der Waals surface area contributed by atoms with Crippen molar-refractivity contribution >= 4 is 11.8 Å². The highest BCUT2D eigenvalue weighted by Gasteiger charge is 2.31. The number of ether oxygens (including phenoxy) is 2. The number of amides is 2. The van der Waals surface area contributed by atoms with Gasteiger partial charge in [0.15, 0.2) is 0 Å². The number of carbonyl (C=O) groups excluding carboxylic acids is 2. The van der Waals surface area contributed by atoms with Gasteiger partial charge in [-0.25, -0.2) is 0 Å². The van der Waals surface area contributed by atoms with Gasteiger partial charge in [0.2, 0.25) is 0 Å². The fourth-order valence-electron chi connectivity index (χ4n) is 3.63. The lowest BCUT2D eigenvalue weighted by atomic mass is 10.1. The molecule has 0 radical (unpaired) electrons. The summed E-state index contributed by atoms with van der Waals surface area (Å²) in [6.07, 6.45) is 4.93. The van der Waals surface area contributed by atoms with Crippen LogP contribution in [0.25, 0.3) is 0 Å². The summed E-state index contributed by atoms with van der Waals surface area (Å²) in [5.74, 6) is 0.745. The standard InChI is InChI=1S/C22H25N3O4/c26-21(24-10-12-25(13-11-24)22(27)20-4-2-14-28-20)18-5-7-19(8-6-18)29-16-17-3-1-9-23-15-17/h1,3,5-9,15,20H,2,4,10-14,16H2/t20-/m1/s1. The molecule has 2 fully saturated rings. The van der Waals surface area contributed by atoms with Crippen LogP contribution in [0.1, 0.15) is 28.8 Å². The van der Waals surface area contributed by atoms with Crippen LogP contribution in [0.4, 0.5) is 0 Å². The molecule has 0 saturated carbocycles. The number of nitrogens with zero attached hydrogens (tertiary/aromatic N) is 3. The number of hydrogen-bond acceptors (Lipinski definition) is 5. The minimum atomic E-state index is -0.295. The molecule has 2 saturated heterocycles. The van der Waals surface area contributed by atoms with Gasteiger partial charge in [-0.15, -0.1) is 0 Å². The molecule has 152 valence electrons. The van der Waals surface area contributed by atoms with Crippen molar-refractivity contribution in [2.45, 2.75) is 25.6 Å². The first-order valence-electron chi connectivity index (χ1n) is 10.0. The van der Waals surface area contributed by atoms with E-state index in [1.807, 2.05) is 17.0 Å². The van der Waals surface area contributed by atoms with Crippen LogP contribution in [0.3, 0.4) is 0 Å². The Kier molecular flexibility index (Phi) is 6.05. The third kappa shape index (κ3) is 4.74. The number of pyridine rings is 1. The van der Waals surface area contributed by atoms with Gasteiger partial charge < -0.3 is 19.3 Å². The molecule has 1 aromatic heterocycles. The molecule has 29 heavy (non-hydrogen) atoms. The van der Waals surface area contributed by atoms with Crippen molar-refractivity contribution in [1.82, 2.24) is 14.8 Å². The van der Waals surface area contributed by atoms with Crippen molar-refractivity contribution in [3.05, 3.63) is 59.9 Å². The average Bonchev–Trinajstić information content (AvgIpc) is 3.33. The van der Waals surface area contributed by atoms with E-state index in [0.29, 0.717) is 50.7 Å². The molecule has 0 spiro atoms. The van der Waals surface area contributed by atoms with Gasteiger partial charge in [-0.3, -0.25) is 14.6 Å². The van der Waals surface area contributed by atoms with Crippen molar-refractivity contribution in [2.24, 2.45) is 0 Å². The Morgan fingerprint density at radius 2 is 1.83 bits per heavy atom. The normalized spacial score (nSPS) is 19.2. The zero-order valence-corrected chi connectivity index (χ0v) is 16.3. The highest BCUT2D eigenvalue weighted by Crippen LogP contribution is 2.18. The van der Waals surface area contributed by atoms with Crippen molar-refractivity contribution in [3.8, 4) is 5.75 Å². The van der Waals surface area contributed by atoms with Gasteiger partial charge in [0.25, 0.3) is 11.8 Å². The van der Waals surface area contributed by atoms with Gasteiger partial charge in [-0.2, -0.15) is 0 Å². The molecular weight excluding hydrogens is 370 g/mol. The second-order valence-electron chi connectivity index (χ2n) is 7.29. The smallest absolute Gasteiger partial charge is 0.253 e. The molecule has 7 nitrogen and oxygen atoms in total. The maximum atomic E-state index is 12.8. The molecule has 2 amide bonds. The zero-order valence-electron chi connectivity index (χ0n) is 16.3. The van der Waals surface area contributed by atoms with Gasteiger partial charge in [0, 0.05) is 56.3 Å². The summed E-state index contributed by atoms with van der Waals surface area (Å²) in [6, 6.07) is 11.0. The third-order valence-electron chi connectivity index (χ3n) is 5.31. The van der Waals surface area contributed by atoms with Crippen LogP contribution >= 0.6 is 0 Å². The maximum absolute atomic E-state index is 12.8. The number of hydrogen-bond donors (Lipinski definition) is 0. The molecule has 0 N–H and O–H groups in total. The second-order valence-corrected chi connectivity index (χ2v) is 7.29. The summed E-state index contributed by atoms with van der Waals surface area (Å²) in [5, 5.41) is 0. The molecule has 2 aliphatic rings. The van der Waals surface area contributed by atoms with E-state index in [9.17, 15) is 9.59 Å². The van der Waals surface area contributed by atoms with E-state index in [1.54, 1.807) is 41.6 Å². The Labute approximate surface area is 170 Å². The van der Waals surface area contributed by atoms with Crippen LogP contribution in [0.2, 0.25) is 0 Å². The highest BCUT2D eigenvalue weighted by molar-refractivity contribution is 5.94. The van der Waals surface area contributed by atoms with Crippen LogP contribution in [0.5, 0.6) is 5.75 Å². The third-order valence-corrected chi connectivity index (χ3v) is 5.31. The lowest BCUT2D eigenvalue weighted by molar-refractivity contribution is -0.142. The van der Waals surface area contributed by atoms with Crippen LogP contribution in [0, 0.1) is 0 Å². The Balaban J connectivity index is 1.28. The van der Waals surface area contributed by atoms with E-state index in [1.165, 1.54) is 0 Å². The summed E-state index contributed by atoms with van der Waals surface area (Å²) in [6.45, 7) is 3.28. The summed E-state index contributed by atoms with van der Waals surface area (Å²) in [7, 11) is 0. The molecule has 7 heteroatoms. The lowest BCUT2D eigenvalue weighted by Gasteiger charge is -2.35. The quantitative estimate of drug-likeness (QED) is 0.776. The average molecular weight is 395 g/mol. The molecule has 3 heterocycles. The number of benzene rings is 1. The second kappa shape index (κ2) is 9.05. The molecular formula is C22H25N3O4. The van der Waals surface area contributed by atoms with Crippen molar-refractivity contribution in [2.75, 3.05) is 32.8 Å². The first-order chi connectivity index (χ1) is 14.2. The Morgan fingerprint density at radius 1 is 1.07 bits per heavy atom. The molecule has 2 aromatic rings. The first-order valence-corrected chi connectivity index (χ1v) is 10.0. The van der Waals surface area contributed by atoms with Crippen LogP contribution in [0.15, 0.2) is 48.8 Å². The monoisotopic (exact) mass is 395 g/mol. The summed E-state index contributed by atoms with van der Waals surface area (Å²) >= 11 is 0. The van der Waals surface area contributed by atoms with Crippen LogP contribution in [-0.4, -0.2) is 65.5 Å². The van der Waals surface area contributed by atoms with Crippen LogP contribution < -0.4 is 4.74 Å². The van der Waals surface area contributed by atoms with Crippen molar-refractivity contribution < 1.29 is 19.1 Å². The summed E-state index contributed by atoms with van der Waals surface area (Å²) in [5.41, 5.74) is 1.61.